The first-order valence-electron chi connectivity index (χ1n) is 10.1. The Morgan fingerprint density at radius 3 is 2.71 bits per heavy atom. The summed E-state index contributed by atoms with van der Waals surface area (Å²) in [7, 11) is 0. The number of hydrogen-bond acceptors (Lipinski definition) is 9. The summed E-state index contributed by atoms with van der Waals surface area (Å²) in [6.45, 7) is 7.37. The van der Waals surface area contributed by atoms with Crippen LogP contribution in [0.2, 0.25) is 0 Å². The summed E-state index contributed by atoms with van der Waals surface area (Å²) in [5, 5.41) is 6.55. The molecule has 0 atom stereocenters. The summed E-state index contributed by atoms with van der Waals surface area (Å²) in [6.07, 6.45) is 3.42. The smallest absolute Gasteiger partial charge is 0.186 e. The predicted octanol–water partition coefficient (Wildman–Crippen LogP) is 4.71. The fourth-order valence-corrected chi connectivity index (χ4v) is 5.53. The Hall–Kier alpha value is -2.88. The van der Waals surface area contributed by atoms with Crippen LogP contribution in [-0.2, 0) is 4.74 Å². The minimum Gasteiger partial charge on any atom is -0.378 e. The lowest BCUT2D eigenvalue weighted by atomic mass is 10.1. The number of aromatic nitrogens is 3. The van der Waals surface area contributed by atoms with Crippen LogP contribution in [0.3, 0.4) is 0 Å². The summed E-state index contributed by atoms with van der Waals surface area (Å²) >= 11 is 3.32. The second-order valence-corrected chi connectivity index (χ2v) is 9.44. The zero-order valence-electron chi connectivity index (χ0n) is 17.3. The van der Waals surface area contributed by atoms with Crippen molar-refractivity contribution in [1.82, 2.24) is 15.0 Å². The third-order valence-electron chi connectivity index (χ3n) is 5.29. The van der Waals surface area contributed by atoms with Gasteiger partial charge >= 0.3 is 0 Å². The van der Waals surface area contributed by atoms with Gasteiger partial charge in [-0.25, -0.2) is 15.0 Å². The average molecular weight is 451 g/mol. The number of ether oxygens (including phenoxy) is 1. The van der Waals surface area contributed by atoms with Crippen LogP contribution < -0.4 is 10.3 Å². The zero-order chi connectivity index (χ0) is 21.2. The molecule has 4 heterocycles. The molecule has 0 bridgehead atoms. The van der Waals surface area contributed by atoms with Crippen LogP contribution in [0.15, 0.2) is 41.8 Å². The number of anilines is 2. The molecule has 0 radical (unpaired) electrons. The van der Waals surface area contributed by atoms with Gasteiger partial charge in [0.25, 0.3) is 0 Å². The Kier molecular flexibility index (Phi) is 5.63. The second-order valence-electron chi connectivity index (χ2n) is 7.23. The number of fused-ring (bicyclic) bond motifs is 1. The topological polar surface area (TPSA) is 75.5 Å². The summed E-state index contributed by atoms with van der Waals surface area (Å²) < 4.78 is 5.49. The maximum atomic E-state index is 5.49. The highest BCUT2D eigenvalue weighted by atomic mass is 32.1. The van der Waals surface area contributed by atoms with Gasteiger partial charge in [0.15, 0.2) is 10.9 Å². The molecule has 7 nitrogen and oxygen atoms in total. The van der Waals surface area contributed by atoms with Crippen molar-refractivity contribution in [1.29, 1.82) is 0 Å². The quantitative estimate of drug-likeness (QED) is 0.350. The molecule has 1 fully saturated rings. The van der Waals surface area contributed by atoms with Crippen LogP contribution in [0, 0.1) is 13.8 Å². The second kappa shape index (κ2) is 8.70. The Morgan fingerprint density at radius 2 is 1.90 bits per heavy atom. The van der Waals surface area contributed by atoms with Crippen molar-refractivity contribution in [3.63, 3.8) is 0 Å². The van der Waals surface area contributed by atoms with Crippen LogP contribution in [0.1, 0.15) is 15.3 Å². The van der Waals surface area contributed by atoms with Gasteiger partial charge in [-0.2, -0.15) is 5.10 Å². The SMILES string of the molecule is Cc1sc2ncnc(N/N=C\c3sc(N4CCOCC4)nc3-c3ccccc3)c2c1C. The molecule has 1 aliphatic heterocycles. The summed E-state index contributed by atoms with van der Waals surface area (Å²) in [4.78, 5) is 19.2. The minimum absolute atomic E-state index is 0.724. The third-order valence-corrected chi connectivity index (χ3v) is 7.45. The number of nitrogens with zero attached hydrogens (tertiary/aromatic N) is 5. The lowest BCUT2D eigenvalue weighted by Crippen LogP contribution is -2.36. The van der Waals surface area contributed by atoms with Gasteiger partial charge in [0.05, 0.1) is 35.4 Å². The lowest BCUT2D eigenvalue weighted by Gasteiger charge is -2.26. The number of morpholine rings is 1. The highest BCUT2D eigenvalue weighted by Gasteiger charge is 2.19. The van der Waals surface area contributed by atoms with Gasteiger partial charge in [0.2, 0.25) is 0 Å². The largest absolute Gasteiger partial charge is 0.378 e. The van der Waals surface area contributed by atoms with Crippen molar-refractivity contribution in [2.24, 2.45) is 5.10 Å². The molecule has 3 aromatic heterocycles. The van der Waals surface area contributed by atoms with E-state index in [1.165, 1.54) is 10.4 Å². The van der Waals surface area contributed by atoms with Crippen molar-refractivity contribution in [3.8, 4) is 11.3 Å². The van der Waals surface area contributed by atoms with Crippen LogP contribution in [-0.4, -0.2) is 47.5 Å². The Labute approximate surface area is 188 Å². The van der Waals surface area contributed by atoms with Crippen molar-refractivity contribution in [2.75, 3.05) is 36.6 Å². The van der Waals surface area contributed by atoms with Crippen molar-refractivity contribution < 1.29 is 4.74 Å². The maximum absolute atomic E-state index is 5.49. The minimum atomic E-state index is 0.724. The normalized spacial score (nSPS) is 14.6. The van der Waals surface area contributed by atoms with Gasteiger partial charge in [0, 0.05) is 23.5 Å². The molecule has 31 heavy (non-hydrogen) atoms. The zero-order valence-corrected chi connectivity index (χ0v) is 19.0. The summed E-state index contributed by atoms with van der Waals surface area (Å²) in [6, 6.07) is 10.2. The molecule has 0 saturated carbocycles. The Morgan fingerprint density at radius 1 is 1.10 bits per heavy atom. The fraction of sp³-hybridized carbons (Fsp3) is 0.273. The molecule has 1 saturated heterocycles. The van der Waals surface area contributed by atoms with Crippen molar-refractivity contribution in [3.05, 3.63) is 52.0 Å². The van der Waals surface area contributed by atoms with E-state index < -0.39 is 0 Å². The van der Waals surface area contributed by atoms with E-state index in [0.29, 0.717) is 0 Å². The molecule has 0 unspecified atom stereocenters. The van der Waals surface area contributed by atoms with Gasteiger partial charge in [-0.05, 0) is 19.4 Å². The van der Waals surface area contributed by atoms with E-state index in [1.54, 1.807) is 29.0 Å². The lowest BCUT2D eigenvalue weighted by molar-refractivity contribution is 0.122. The molecule has 5 rings (SSSR count). The van der Waals surface area contributed by atoms with E-state index in [2.05, 4.69) is 51.4 Å². The van der Waals surface area contributed by atoms with Gasteiger partial charge in [-0.3, -0.25) is 5.43 Å². The van der Waals surface area contributed by atoms with Crippen molar-refractivity contribution >= 4 is 50.1 Å². The number of thiophene rings is 1. The number of benzene rings is 1. The molecule has 4 aromatic rings. The molecule has 0 spiro atoms. The number of hydrazone groups is 1. The van der Waals surface area contributed by atoms with Crippen LogP contribution in [0.5, 0.6) is 0 Å². The van der Waals surface area contributed by atoms with Crippen LogP contribution >= 0.6 is 22.7 Å². The highest BCUT2D eigenvalue weighted by Crippen LogP contribution is 2.34. The van der Waals surface area contributed by atoms with Gasteiger partial charge < -0.3 is 9.64 Å². The summed E-state index contributed by atoms with van der Waals surface area (Å²) in [5.74, 6) is 0.724. The number of rotatable bonds is 5. The molecular formula is C22H22N6OS2. The van der Waals surface area contributed by atoms with E-state index in [-0.39, 0.29) is 0 Å². The number of nitrogens with one attached hydrogen (secondary N) is 1. The molecular weight excluding hydrogens is 428 g/mol. The first kappa shape index (κ1) is 20.0. The van der Waals surface area contributed by atoms with E-state index in [9.17, 15) is 0 Å². The Bertz CT molecular complexity index is 1230. The standard InChI is InChI=1S/C22H22N6OS2/c1-14-15(2)30-21-18(14)20(23-13-24-21)27-25-12-17-19(16-6-4-3-5-7-16)26-22(31-17)28-8-10-29-11-9-28/h3-7,12-13H,8-11H2,1-2H3,(H,23,24,27)/b25-12-. The van der Waals surface area contributed by atoms with E-state index in [1.807, 2.05) is 24.4 Å². The first-order chi connectivity index (χ1) is 15.2. The van der Waals surface area contributed by atoms with E-state index in [0.717, 1.165) is 63.6 Å². The van der Waals surface area contributed by atoms with Crippen LogP contribution in [0.4, 0.5) is 10.9 Å². The molecule has 1 aliphatic rings. The van der Waals surface area contributed by atoms with Gasteiger partial charge in [0.1, 0.15) is 11.2 Å². The third kappa shape index (κ3) is 4.04. The number of aryl methyl sites for hydroxylation is 2. The molecule has 9 heteroatoms. The average Bonchev–Trinajstić information content (AvgIpc) is 3.36. The van der Waals surface area contributed by atoms with Crippen LogP contribution in [0.25, 0.3) is 21.5 Å². The van der Waals surface area contributed by atoms with Gasteiger partial charge in [-0.1, -0.05) is 41.7 Å². The number of hydrogen-bond donors (Lipinski definition) is 1. The summed E-state index contributed by atoms with van der Waals surface area (Å²) in [5.41, 5.74) is 6.33. The van der Waals surface area contributed by atoms with Gasteiger partial charge in [-0.15, -0.1) is 11.3 Å². The Balaban J connectivity index is 1.47. The number of thiazole rings is 1. The fourth-order valence-electron chi connectivity index (χ4n) is 3.52. The molecule has 1 N–H and O–H groups in total. The molecule has 158 valence electrons. The van der Waals surface area contributed by atoms with Crippen molar-refractivity contribution in [2.45, 2.75) is 13.8 Å². The maximum Gasteiger partial charge on any atom is 0.186 e. The van der Waals surface area contributed by atoms with E-state index >= 15 is 0 Å². The molecule has 1 aromatic carbocycles. The first-order valence-corrected chi connectivity index (χ1v) is 11.7. The molecule has 0 amide bonds. The molecule has 0 aliphatic carbocycles. The highest BCUT2D eigenvalue weighted by molar-refractivity contribution is 7.19. The monoisotopic (exact) mass is 450 g/mol. The van der Waals surface area contributed by atoms with E-state index in [4.69, 9.17) is 9.72 Å². The predicted molar refractivity (Wildman–Crippen MR) is 129 cm³/mol.